The van der Waals surface area contributed by atoms with Crippen LogP contribution in [0, 0.1) is 6.92 Å². The average molecular weight is 449 g/mol. The molecule has 2 aliphatic heterocycles. The molecule has 4 nitrogen and oxygen atoms in total. The molecular formula is C25H21ClN2O2S. The van der Waals surface area contributed by atoms with Crippen LogP contribution in [-0.4, -0.2) is 17.1 Å². The summed E-state index contributed by atoms with van der Waals surface area (Å²) in [5.41, 5.74) is 4.52. The molecule has 2 atom stereocenters. The number of hydrogen-bond donors (Lipinski definition) is 0. The van der Waals surface area contributed by atoms with Gasteiger partial charge in [0, 0.05) is 16.3 Å². The number of rotatable bonds is 3. The summed E-state index contributed by atoms with van der Waals surface area (Å²) in [6, 6.07) is 23.1. The number of anilines is 2. The van der Waals surface area contributed by atoms with E-state index in [1.54, 1.807) is 9.80 Å². The minimum Gasteiger partial charge on any atom is -0.304 e. The highest BCUT2D eigenvalue weighted by Crippen LogP contribution is 2.58. The number of halogens is 1. The predicted molar refractivity (Wildman–Crippen MR) is 126 cm³/mol. The van der Waals surface area contributed by atoms with Gasteiger partial charge < -0.3 is 4.90 Å². The number of carbonyl (C=O) groups excluding carboxylic acids is 2. The van der Waals surface area contributed by atoms with Crippen molar-refractivity contribution in [1.82, 2.24) is 0 Å². The van der Waals surface area contributed by atoms with Crippen LogP contribution in [-0.2, 0) is 21.0 Å². The third kappa shape index (κ3) is 3.07. The third-order valence-electron chi connectivity index (χ3n) is 5.87. The zero-order chi connectivity index (χ0) is 21.8. The molecule has 1 saturated heterocycles. The summed E-state index contributed by atoms with van der Waals surface area (Å²) in [4.78, 5) is 29.8. The van der Waals surface area contributed by atoms with Crippen molar-refractivity contribution < 1.29 is 9.59 Å². The lowest BCUT2D eigenvalue weighted by Gasteiger charge is -2.33. The van der Waals surface area contributed by atoms with Crippen LogP contribution in [0.2, 0.25) is 5.02 Å². The lowest BCUT2D eigenvalue weighted by Crippen LogP contribution is -2.49. The quantitative estimate of drug-likeness (QED) is 0.530. The maximum atomic E-state index is 14.1. The Balaban J connectivity index is 1.65. The van der Waals surface area contributed by atoms with Crippen LogP contribution in [0.25, 0.3) is 0 Å². The van der Waals surface area contributed by atoms with E-state index in [2.05, 4.69) is 0 Å². The lowest BCUT2D eigenvalue weighted by molar-refractivity contribution is -0.124. The van der Waals surface area contributed by atoms with Gasteiger partial charge in [0.2, 0.25) is 10.8 Å². The van der Waals surface area contributed by atoms with Crippen LogP contribution in [0.5, 0.6) is 0 Å². The molecule has 0 aliphatic carbocycles. The third-order valence-corrected chi connectivity index (χ3v) is 7.60. The molecule has 0 aromatic heterocycles. The minimum absolute atomic E-state index is 0.0506. The number of para-hydroxylation sites is 1. The van der Waals surface area contributed by atoms with E-state index in [4.69, 9.17) is 11.6 Å². The van der Waals surface area contributed by atoms with Gasteiger partial charge in [-0.05, 0) is 49.7 Å². The van der Waals surface area contributed by atoms with E-state index < -0.39 is 4.87 Å². The van der Waals surface area contributed by atoms with Crippen molar-refractivity contribution in [3.63, 3.8) is 0 Å². The molecule has 6 heteroatoms. The second kappa shape index (κ2) is 7.43. The molecular weight excluding hydrogens is 428 g/mol. The predicted octanol–water partition coefficient (Wildman–Crippen LogP) is 5.52. The molecule has 0 saturated carbocycles. The summed E-state index contributed by atoms with van der Waals surface area (Å²) in [5.74, 6) is -0.141. The SMILES string of the molecule is Cc1ccc(N2C(=O)C(C)SC23C(=O)N(Cc2ccc(Cl)cc2)c2ccccc23)cc1. The molecule has 31 heavy (non-hydrogen) atoms. The summed E-state index contributed by atoms with van der Waals surface area (Å²) in [7, 11) is 0. The lowest BCUT2D eigenvalue weighted by atomic mass is 10.0. The highest BCUT2D eigenvalue weighted by molar-refractivity contribution is 8.03. The van der Waals surface area contributed by atoms with Gasteiger partial charge in [-0.3, -0.25) is 14.5 Å². The largest absolute Gasteiger partial charge is 0.304 e. The molecule has 2 unspecified atom stereocenters. The number of aryl methyl sites for hydroxylation is 1. The monoisotopic (exact) mass is 448 g/mol. The summed E-state index contributed by atoms with van der Waals surface area (Å²) >= 11 is 7.46. The van der Waals surface area contributed by atoms with E-state index in [0.29, 0.717) is 11.6 Å². The number of fused-ring (bicyclic) bond motifs is 2. The standard InChI is InChI=1S/C25H21ClN2O2S/c1-16-7-13-20(14-8-16)28-23(29)17(2)31-25(28)21-5-3-4-6-22(21)27(24(25)30)15-18-9-11-19(26)12-10-18/h3-14,17H,15H2,1-2H3. The van der Waals surface area contributed by atoms with Crippen LogP contribution in [0.4, 0.5) is 11.4 Å². The molecule has 3 aromatic carbocycles. The Morgan fingerprint density at radius 2 is 1.65 bits per heavy atom. The minimum atomic E-state index is -1.10. The van der Waals surface area contributed by atoms with Gasteiger partial charge in [-0.25, -0.2) is 0 Å². The first-order valence-corrected chi connectivity index (χ1v) is 11.4. The van der Waals surface area contributed by atoms with Gasteiger partial charge in [0.1, 0.15) is 0 Å². The molecule has 5 rings (SSSR count). The highest BCUT2D eigenvalue weighted by Gasteiger charge is 2.63. The topological polar surface area (TPSA) is 40.6 Å². The summed E-state index contributed by atoms with van der Waals surface area (Å²) in [6.07, 6.45) is 0. The van der Waals surface area contributed by atoms with Crippen molar-refractivity contribution in [3.05, 3.63) is 94.5 Å². The normalized spacial score (nSPS) is 22.5. The second-order valence-corrected chi connectivity index (χ2v) is 9.92. The average Bonchev–Trinajstić information content (AvgIpc) is 3.17. The molecule has 156 valence electrons. The van der Waals surface area contributed by atoms with Crippen molar-refractivity contribution in [2.75, 3.05) is 9.80 Å². The van der Waals surface area contributed by atoms with Crippen molar-refractivity contribution in [2.24, 2.45) is 0 Å². The van der Waals surface area contributed by atoms with Crippen molar-refractivity contribution >= 4 is 46.6 Å². The van der Waals surface area contributed by atoms with Gasteiger partial charge in [0.05, 0.1) is 17.5 Å². The van der Waals surface area contributed by atoms with E-state index >= 15 is 0 Å². The van der Waals surface area contributed by atoms with E-state index in [9.17, 15) is 9.59 Å². The van der Waals surface area contributed by atoms with Crippen LogP contribution >= 0.6 is 23.4 Å². The summed E-state index contributed by atoms with van der Waals surface area (Å²) < 4.78 is 0. The van der Waals surface area contributed by atoms with Gasteiger partial charge >= 0.3 is 0 Å². The Morgan fingerprint density at radius 1 is 0.968 bits per heavy atom. The fourth-order valence-electron chi connectivity index (χ4n) is 4.36. The smallest absolute Gasteiger partial charge is 0.269 e. The van der Waals surface area contributed by atoms with E-state index in [1.807, 2.05) is 86.6 Å². The molecule has 0 radical (unpaired) electrons. The van der Waals surface area contributed by atoms with Gasteiger partial charge in [-0.2, -0.15) is 0 Å². The van der Waals surface area contributed by atoms with E-state index in [-0.39, 0.29) is 17.1 Å². The van der Waals surface area contributed by atoms with Gasteiger partial charge in [0.15, 0.2) is 0 Å². The second-order valence-electron chi connectivity index (χ2n) is 7.95. The zero-order valence-corrected chi connectivity index (χ0v) is 18.8. The summed E-state index contributed by atoms with van der Waals surface area (Å²) in [6.45, 7) is 4.30. The first-order chi connectivity index (χ1) is 14.9. The van der Waals surface area contributed by atoms with Crippen LogP contribution < -0.4 is 9.80 Å². The molecule has 1 fully saturated rings. The van der Waals surface area contributed by atoms with Crippen molar-refractivity contribution in [1.29, 1.82) is 0 Å². The molecule has 3 aromatic rings. The van der Waals surface area contributed by atoms with E-state index in [0.717, 1.165) is 28.1 Å². The molecule has 1 spiro atoms. The van der Waals surface area contributed by atoms with Gasteiger partial charge in [-0.15, -0.1) is 11.8 Å². The fourth-order valence-corrected chi connectivity index (χ4v) is 6.02. The Kier molecular flexibility index (Phi) is 4.83. The Hall–Kier alpha value is -2.76. The van der Waals surface area contributed by atoms with Gasteiger partial charge in [-0.1, -0.05) is 59.6 Å². The maximum absolute atomic E-state index is 14.1. The first-order valence-electron chi connectivity index (χ1n) is 10.2. The zero-order valence-electron chi connectivity index (χ0n) is 17.2. The Morgan fingerprint density at radius 3 is 2.35 bits per heavy atom. The maximum Gasteiger partial charge on any atom is 0.269 e. The number of thioether (sulfide) groups is 1. The number of nitrogens with zero attached hydrogens (tertiary/aromatic N) is 2. The van der Waals surface area contributed by atoms with Crippen molar-refractivity contribution in [2.45, 2.75) is 30.5 Å². The van der Waals surface area contributed by atoms with E-state index in [1.165, 1.54) is 11.8 Å². The highest BCUT2D eigenvalue weighted by atomic mass is 35.5. The van der Waals surface area contributed by atoms with Crippen LogP contribution in [0.3, 0.4) is 0 Å². The van der Waals surface area contributed by atoms with Crippen LogP contribution in [0.1, 0.15) is 23.6 Å². The molecule has 2 amide bonds. The number of hydrogen-bond acceptors (Lipinski definition) is 3. The van der Waals surface area contributed by atoms with Crippen molar-refractivity contribution in [3.8, 4) is 0 Å². The molecule has 2 heterocycles. The molecule has 0 N–H and O–H groups in total. The van der Waals surface area contributed by atoms with Gasteiger partial charge in [0.25, 0.3) is 5.91 Å². The van der Waals surface area contributed by atoms with Crippen LogP contribution in [0.15, 0.2) is 72.8 Å². The number of amides is 2. The Bertz CT molecular complexity index is 1180. The number of carbonyl (C=O) groups is 2. The fraction of sp³-hybridized carbons (Fsp3) is 0.200. The molecule has 2 aliphatic rings. The summed E-state index contributed by atoms with van der Waals surface area (Å²) in [5, 5.41) is 0.332. The Labute approximate surface area is 190 Å². The number of benzene rings is 3. The first kappa shape index (κ1) is 20.2. The molecule has 0 bridgehead atoms.